The number of amides is 2. The van der Waals surface area contributed by atoms with Gasteiger partial charge in [0.05, 0.1) is 6.42 Å². The molecule has 0 aromatic heterocycles. The molecule has 3 aromatic rings. The molecule has 0 aliphatic heterocycles. The summed E-state index contributed by atoms with van der Waals surface area (Å²) in [4.78, 5) is 38.2. The number of nitrogens with one attached hydrogen (secondary N) is 1. The Labute approximate surface area is 236 Å². The van der Waals surface area contributed by atoms with Crippen molar-refractivity contribution in [3.63, 3.8) is 0 Å². The van der Waals surface area contributed by atoms with E-state index in [9.17, 15) is 14.4 Å². The molecular formula is C33H38N2O5. The first-order chi connectivity index (χ1) is 19.5. The third-order valence-electron chi connectivity index (χ3n) is 7.67. The number of hydrogen-bond donors (Lipinski definition) is 2. The Balaban J connectivity index is 1.22. The zero-order chi connectivity index (χ0) is 28.3. The molecule has 0 bridgehead atoms. The number of carbonyl (C=O) groups excluding carboxylic acids is 2. The van der Waals surface area contributed by atoms with E-state index in [0.29, 0.717) is 25.9 Å². The summed E-state index contributed by atoms with van der Waals surface area (Å²) in [5, 5.41) is 12.0. The van der Waals surface area contributed by atoms with E-state index >= 15 is 0 Å². The smallest absolute Gasteiger partial charge is 0.407 e. The minimum absolute atomic E-state index is 0.0208. The highest BCUT2D eigenvalue weighted by atomic mass is 16.5. The normalized spacial score (nSPS) is 12.7. The number of benzene rings is 3. The van der Waals surface area contributed by atoms with Gasteiger partial charge in [-0.1, -0.05) is 92.2 Å². The number of alkyl carbamates (subject to hydrolysis) is 1. The Hall–Kier alpha value is -4.13. The first kappa shape index (κ1) is 28.9. The summed E-state index contributed by atoms with van der Waals surface area (Å²) < 4.78 is 5.63. The molecule has 0 radical (unpaired) electrons. The van der Waals surface area contributed by atoms with E-state index in [4.69, 9.17) is 9.84 Å². The molecule has 210 valence electrons. The number of fused-ring (bicyclic) bond motifs is 3. The summed E-state index contributed by atoms with van der Waals surface area (Å²) in [6.45, 7) is 3.40. The number of hydrogen-bond acceptors (Lipinski definition) is 4. The average Bonchev–Trinajstić information content (AvgIpc) is 3.29. The first-order valence-electron chi connectivity index (χ1n) is 14.1. The van der Waals surface area contributed by atoms with Gasteiger partial charge >= 0.3 is 12.1 Å². The standard InChI is InChI=1S/C33H38N2O5/c1-2-24(16-17-31(36)35(21-19-32(37)38)22-25-10-4-3-5-11-25)18-20-34-33(39)40-23-30-28-14-8-6-12-26(28)27-13-7-9-15-29(27)30/h3-15,24,30H,2,16-23H2,1H3,(H,34,39)(H,37,38). The molecule has 7 nitrogen and oxygen atoms in total. The van der Waals surface area contributed by atoms with Gasteiger partial charge in [-0.2, -0.15) is 0 Å². The molecule has 1 aliphatic carbocycles. The number of rotatable bonds is 14. The van der Waals surface area contributed by atoms with Gasteiger partial charge in [0.25, 0.3) is 0 Å². The fourth-order valence-electron chi connectivity index (χ4n) is 5.39. The van der Waals surface area contributed by atoms with Crippen molar-refractivity contribution in [3.05, 3.63) is 95.6 Å². The summed E-state index contributed by atoms with van der Waals surface area (Å²) in [6, 6.07) is 26.1. The van der Waals surface area contributed by atoms with Crippen molar-refractivity contribution < 1.29 is 24.2 Å². The predicted molar refractivity (Wildman–Crippen MR) is 155 cm³/mol. The molecule has 40 heavy (non-hydrogen) atoms. The predicted octanol–water partition coefficient (Wildman–Crippen LogP) is 6.23. The summed E-state index contributed by atoms with van der Waals surface area (Å²) >= 11 is 0. The Morgan fingerprint density at radius 1 is 0.875 bits per heavy atom. The largest absolute Gasteiger partial charge is 0.481 e. The Morgan fingerprint density at radius 2 is 1.50 bits per heavy atom. The van der Waals surface area contributed by atoms with Gasteiger partial charge < -0.3 is 20.1 Å². The van der Waals surface area contributed by atoms with E-state index in [1.807, 2.05) is 54.6 Å². The number of nitrogens with zero attached hydrogens (tertiary/aromatic N) is 1. The number of aliphatic carboxylic acids is 1. The van der Waals surface area contributed by atoms with Crippen LogP contribution in [0.15, 0.2) is 78.9 Å². The monoisotopic (exact) mass is 542 g/mol. The van der Waals surface area contributed by atoms with E-state index in [1.54, 1.807) is 4.90 Å². The Bertz CT molecular complexity index is 1250. The molecule has 2 N–H and O–H groups in total. The van der Waals surface area contributed by atoms with Crippen molar-refractivity contribution in [2.24, 2.45) is 5.92 Å². The quantitative estimate of drug-likeness (QED) is 0.252. The molecule has 7 heteroatoms. The fourth-order valence-corrected chi connectivity index (χ4v) is 5.39. The Morgan fingerprint density at radius 3 is 2.12 bits per heavy atom. The van der Waals surface area contributed by atoms with Gasteiger partial charge in [-0.15, -0.1) is 0 Å². The summed E-state index contributed by atoms with van der Waals surface area (Å²) in [6.07, 6.45) is 2.13. The van der Waals surface area contributed by atoms with Crippen LogP contribution in [0, 0.1) is 5.92 Å². The third-order valence-corrected chi connectivity index (χ3v) is 7.67. The molecule has 0 saturated heterocycles. The molecule has 2 amide bonds. The van der Waals surface area contributed by atoms with E-state index in [2.05, 4.69) is 36.5 Å². The number of ether oxygens (including phenoxy) is 1. The van der Waals surface area contributed by atoms with Crippen LogP contribution in [-0.2, 0) is 20.9 Å². The highest BCUT2D eigenvalue weighted by Crippen LogP contribution is 2.44. The fraction of sp³-hybridized carbons (Fsp3) is 0.364. The van der Waals surface area contributed by atoms with Crippen molar-refractivity contribution in [1.82, 2.24) is 10.2 Å². The van der Waals surface area contributed by atoms with Crippen LogP contribution in [0.2, 0.25) is 0 Å². The van der Waals surface area contributed by atoms with Crippen LogP contribution in [0.1, 0.15) is 61.6 Å². The summed E-state index contributed by atoms with van der Waals surface area (Å²) in [7, 11) is 0. The maximum absolute atomic E-state index is 13.0. The maximum atomic E-state index is 13.0. The summed E-state index contributed by atoms with van der Waals surface area (Å²) in [5.41, 5.74) is 5.71. The SMILES string of the molecule is CCC(CCNC(=O)OCC1c2ccccc2-c2ccccc21)CCC(=O)N(CCC(=O)O)Cc1ccccc1. The minimum Gasteiger partial charge on any atom is -0.481 e. The van der Waals surface area contributed by atoms with Gasteiger partial charge in [0.2, 0.25) is 5.91 Å². The van der Waals surface area contributed by atoms with Crippen molar-refractivity contribution in [2.75, 3.05) is 19.7 Å². The number of carboxylic acid groups (broad SMARTS) is 1. The average molecular weight is 543 g/mol. The molecule has 0 heterocycles. The van der Waals surface area contributed by atoms with Gasteiger partial charge in [0.15, 0.2) is 0 Å². The molecule has 1 aliphatic rings. The van der Waals surface area contributed by atoms with Crippen LogP contribution >= 0.6 is 0 Å². The summed E-state index contributed by atoms with van der Waals surface area (Å²) in [5.74, 6) is -0.687. The van der Waals surface area contributed by atoms with Gasteiger partial charge in [-0.3, -0.25) is 9.59 Å². The maximum Gasteiger partial charge on any atom is 0.407 e. The van der Waals surface area contributed by atoms with Crippen LogP contribution in [0.5, 0.6) is 0 Å². The van der Waals surface area contributed by atoms with E-state index < -0.39 is 12.1 Å². The van der Waals surface area contributed by atoms with Crippen molar-refractivity contribution in [1.29, 1.82) is 0 Å². The topological polar surface area (TPSA) is 95.9 Å². The second-order valence-electron chi connectivity index (χ2n) is 10.3. The van der Waals surface area contributed by atoms with Crippen LogP contribution in [0.3, 0.4) is 0 Å². The van der Waals surface area contributed by atoms with Crippen molar-refractivity contribution in [3.8, 4) is 11.1 Å². The number of carbonyl (C=O) groups is 3. The first-order valence-corrected chi connectivity index (χ1v) is 14.1. The van der Waals surface area contributed by atoms with Crippen molar-refractivity contribution in [2.45, 2.75) is 51.5 Å². The molecule has 0 spiro atoms. The highest BCUT2D eigenvalue weighted by molar-refractivity contribution is 5.79. The van der Waals surface area contributed by atoms with Crippen LogP contribution in [0.4, 0.5) is 4.79 Å². The van der Waals surface area contributed by atoms with Crippen LogP contribution in [0.25, 0.3) is 11.1 Å². The zero-order valence-electron chi connectivity index (χ0n) is 23.1. The van der Waals surface area contributed by atoms with Gasteiger partial charge in [-0.25, -0.2) is 4.79 Å². The van der Waals surface area contributed by atoms with E-state index in [-0.39, 0.29) is 37.3 Å². The zero-order valence-corrected chi connectivity index (χ0v) is 23.1. The molecule has 0 fully saturated rings. The lowest BCUT2D eigenvalue weighted by Gasteiger charge is -2.23. The molecular weight excluding hydrogens is 504 g/mol. The Kier molecular flexibility index (Phi) is 10.3. The molecule has 0 saturated carbocycles. The lowest BCUT2D eigenvalue weighted by atomic mass is 9.96. The minimum atomic E-state index is -0.920. The van der Waals surface area contributed by atoms with Crippen LogP contribution in [-0.4, -0.2) is 47.7 Å². The van der Waals surface area contributed by atoms with Crippen molar-refractivity contribution >= 4 is 18.0 Å². The van der Waals surface area contributed by atoms with E-state index in [0.717, 1.165) is 18.4 Å². The second-order valence-corrected chi connectivity index (χ2v) is 10.3. The lowest BCUT2D eigenvalue weighted by Crippen LogP contribution is -2.33. The van der Waals surface area contributed by atoms with E-state index in [1.165, 1.54) is 22.3 Å². The number of carboxylic acids is 1. The second kappa shape index (κ2) is 14.3. The lowest BCUT2D eigenvalue weighted by molar-refractivity contribution is -0.138. The third kappa shape index (κ3) is 7.72. The molecule has 1 atom stereocenters. The molecule has 1 unspecified atom stereocenters. The highest BCUT2D eigenvalue weighted by Gasteiger charge is 2.29. The van der Waals surface area contributed by atoms with Crippen LogP contribution < -0.4 is 5.32 Å². The van der Waals surface area contributed by atoms with Gasteiger partial charge in [0, 0.05) is 32.0 Å². The van der Waals surface area contributed by atoms with Gasteiger partial charge in [-0.05, 0) is 46.6 Å². The molecule has 3 aromatic carbocycles. The van der Waals surface area contributed by atoms with Gasteiger partial charge in [0.1, 0.15) is 6.61 Å². The molecule has 4 rings (SSSR count).